The van der Waals surface area contributed by atoms with Crippen LogP contribution in [0.3, 0.4) is 0 Å². The number of benzene rings is 1. The van der Waals surface area contributed by atoms with Gasteiger partial charge in [0.15, 0.2) is 0 Å². The van der Waals surface area contributed by atoms with Gasteiger partial charge in [0, 0.05) is 17.3 Å². The average molecular weight is 384 g/mol. The van der Waals surface area contributed by atoms with Gasteiger partial charge in [-0.2, -0.15) is 0 Å². The van der Waals surface area contributed by atoms with Crippen LogP contribution in [0.15, 0.2) is 34.2 Å². The van der Waals surface area contributed by atoms with E-state index in [2.05, 4.69) is 27.2 Å². The molecule has 0 unspecified atom stereocenters. The van der Waals surface area contributed by atoms with Gasteiger partial charge in [0.1, 0.15) is 0 Å². The van der Waals surface area contributed by atoms with Crippen LogP contribution in [0, 0.1) is 0 Å². The zero-order chi connectivity index (χ0) is 15.2. The predicted molar refractivity (Wildman–Crippen MR) is 84.4 cm³/mol. The van der Waals surface area contributed by atoms with Gasteiger partial charge in [0.25, 0.3) is 0 Å². The maximum absolute atomic E-state index is 12.1. The molecular formula is C12H16BrClN2O3S. The average Bonchev–Trinajstić information content (AvgIpc) is 2.37. The maximum atomic E-state index is 12.1. The normalized spacial score (nSPS) is 11.5. The third-order valence-corrected chi connectivity index (χ3v) is 5.18. The molecule has 0 bridgehead atoms. The smallest absolute Gasteiger partial charge is 0.241 e. The molecule has 0 spiro atoms. The Hall–Kier alpha value is -0.600. The Morgan fingerprint density at radius 2 is 2.15 bits per heavy atom. The number of rotatable bonds is 8. The van der Waals surface area contributed by atoms with Crippen LogP contribution in [0.4, 0.5) is 5.69 Å². The van der Waals surface area contributed by atoms with Crippen LogP contribution in [0.2, 0.25) is 5.02 Å². The second-order valence-electron chi connectivity index (χ2n) is 3.89. The number of halogens is 2. The van der Waals surface area contributed by atoms with Gasteiger partial charge in [-0.3, -0.25) is 0 Å². The quantitative estimate of drug-likeness (QED) is 0.411. The Morgan fingerprint density at radius 1 is 1.45 bits per heavy atom. The molecule has 0 saturated heterocycles. The Labute approximate surface area is 132 Å². The van der Waals surface area contributed by atoms with Crippen LogP contribution in [-0.2, 0) is 14.8 Å². The molecule has 1 rings (SSSR count). The fourth-order valence-electron chi connectivity index (χ4n) is 1.37. The van der Waals surface area contributed by atoms with E-state index in [1.54, 1.807) is 6.08 Å². The lowest BCUT2D eigenvalue weighted by molar-refractivity contribution is 0.144. The molecule has 0 heterocycles. The zero-order valence-electron chi connectivity index (χ0n) is 10.7. The van der Waals surface area contributed by atoms with Crippen molar-refractivity contribution >= 4 is 43.2 Å². The molecule has 5 nitrogen and oxygen atoms in total. The van der Waals surface area contributed by atoms with Crippen molar-refractivity contribution in [2.75, 3.05) is 25.5 Å². The van der Waals surface area contributed by atoms with E-state index >= 15 is 0 Å². The van der Waals surface area contributed by atoms with Crippen molar-refractivity contribution in [3.63, 3.8) is 0 Å². The summed E-state index contributed by atoms with van der Waals surface area (Å²) in [6.07, 6.45) is 2.46. The maximum Gasteiger partial charge on any atom is 0.241 e. The molecule has 0 radical (unpaired) electrons. The van der Waals surface area contributed by atoms with Crippen LogP contribution in [0.1, 0.15) is 6.42 Å². The molecule has 0 aliphatic heterocycles. The summed E-state index contributed by atoms with van der Waals surface area (Å²) < 4.78 is 32.2. The van der Waals surface area contributed by atoms with E-state index < -0.39 is 10.0 Å². The van der Waals surface area contributed by atoms with Gasteiger partial charge in [0.05, 0.1) is 22.6 Å². The number of hydrogen-bond acceptors (Lipinski definition) is 4. The minimum absolute atomic E-state index is 0.00796. The molecular weight excluding hydrogens is 368 g/mol. The van der Waals surface area contributed by atoms with E-state index in [9.17, 15) is 8.42 Å². The highest BCUT2D eigenvalue weighted by Gasteiger charge is 2.19. The minimum atomic E-state index is -3.69. The zero-order valence-corrected chi connectivity index (χ0v) is 13.9. The van der Waals surface area contributed by atoms with Crippen LogP contribution >= 0.6 is 27.5 Å². The van der Waals surface area contributed by atoms with E-state index in [-0.39, 0.29) is 28.8 Å². The second kappa shape index (κ2) is 7.99. The lowest BCUT2D eigenvalue weighted by atomic mass is 10.3. The summed E-state index contributed by atoms with van der Waals surface area (Å²) in [6.45, 7) is 4.52. The molecule has 0 atom stereocenters. The van der Waals surface area contributed by atoms with Crippen molar-refractivity contribution in [1.29, 1.82) is 0 Å². The molecule has 1 aromatic carbocycles. The molecule has 112 valence electrons. The van der Waals surface area contributed by atoms with Gasteiger partial charge in [-0.1, -0.05) is 17.7 Å². The second-order valence-corrected chi connectivity index (χ2v) is 6.86. The number of nitrogens with one attached hydrogen (secondary N) is 1. The predicted octanol–water partition coefficient (Wildman–Crippen LogP) is 2.56. The fourth-order valence-corrected chi connectivity index (χ4v) is 3.68. The third-order valence-electron chi connectivity index (χ3n) is 2.33. The number of anilines is 1. The number of nitrogens with two attached hydrogens (primary N) is 1. The molecule has 20 heavy (non-hydrogen) atoms. The molecule has 0 fully saturated rings. The Bertz CT molecular complexity index is 578. The van der Waals surface area contributed by atoms with Crippen molar-refractivity contribution in [3.8, 4) is 0 Å². The first-order valence-electron chi connectivity index (χ1n) is 5.81. The van der Waals surface area contributed by atoms with Crippen LogP contribution < -0.4 is 10.5 Å². The molecule has 8 heteroatoms. The third kappa shape index (κ3) is 5.06. The van der Waals surface area contributed by atoms with Gasteiger partial charge in [-0.25, -0.2) is 13.1 Å². The van der Waals surface area contributed by atoms with E-state index in [0.717, 1.165) is 6.42 Å². The number of nitrogen functional groups attached to an aromatic ring is 1. The van der Waals surface area contributed by atoms with Crippen molar-refractivity contribution in [2.45, 2.75) is 11.3 Å². The topological polar surface area (TPSA) is 81.4 Å². The largest absolute Gasteiger partial charge is 0.398 e. The van der Waals surface area contributed by atoms with Gasteiger partial charge in [-0.15, -0.1) is 6.58 Å². The van der Waals surface area contributed by atoms with E-state index in [4.69, 9.17) is 22.1 Å². The first-order valence-corrected chi connectivity index (χ1v) is 8.46. The van der Waals surface area contributed by atoms with Gasteiger partial charge < -0.3 is 10.5 Å². The highest BCUT2D eigenvalue weighted by molar-refractivity contribution is 9.10. The Kier molecular flexibility index (Phi) is 6.97. The first kappa shape index (κ1) is 17.5. The molecule has 1 aromatic rings. The molecule has 0 amide bonds. The van der Waals surface area contributed by atoms with Crippen molar-refractivity contribution in [2.24, 2.45) is 0 Å². The summed E-state index contributed by atoms with van der Waals surface area (Å²) in [5.74, 6) is 0. The van der Waals surface area contributed by atoms with Crippen LogP contribution in [0.5, 0.6) is 0 Å². The van der Waals surface area contributed by atoms with Crippen molar-refractivity contribution in [3.05, 3.63) is 34.3 Å². The number of hydrogen-bond donors (Lipinski definition) is 2. The molecule has 0 saturated carbocycles. The molecule has 3 N–H and O–H groups in total. The Morgan fingerprint density at radius 3 is 2.80 bits per heavy atom. The number of sulfonamides is 1. The van der Waals surface area contributed by atoms with Crippen LogP contribution in [-0.4, -0.2) is 28.2 Å². The SMILES string of the molecule is C=CCCOCCNS(=O)(=O)c1cc(Cl)cc(N)c1Br. The summed E-state index contributed by atoms with van der Waals surface area (Å²) in [4.78, 5) is 0.00796. The lowest BCUT2D eigenvalue weighted by Crippen LogP contribution is -2.28. The van der Waals surface area contributed by atoms with Gasteiger partial charge >= 0.3 is 0 Å². The van der Waals surface area contributed by atoms with Crippen molar-refractivity contribution in [1.82, 2.24) is 4.72 Å². The highest BCUT2D eigenvalue weighted by atomic mass is 79.9. The van der Waals surface area contributed by atoms with E-state index in [1.807, 2.05) is 0 Å². The van der Waals surface area contributed by atoms with Gasteiger partial charge in [-0.05, 0) is 34.5 Å². The van der Waals surface area contributed by atoms with Crippen molar-refractivity contribution < 1.29 is 13.2 Å². The minimum Gasteiger partial charge on any atom is -0.398 e. The lowest BCUT2D eigenvalue weighted by Gasteiger charge is -2.10. The summed E-state index contributed by atoms with van der Waals surface area (Å²) in [7, 11) is -3.69. The summed E-state index contributed by atoms with van der Waals surface area (Å²) in [6, 6.07) is 2.81. The number of ether oxygens (including phenoxy) is 1. The molecule has 0 aromatic heterocycles. The molecule has 0 aliphatic carbocycles. The fraction of sp³-hybridized carbons (Fsp3) is 0.333. The van der Waals surface area contributed by atoms with E-state index in [1.165, 1.54) is 12.1 Å². The Balaban J connectivity index is 2.67. The standard InChI is InChI=1S/C12H16BrClN2O3S/c1-2-3-5-19-6-4-16-20(17,18)11-8-9(14)7-10(15)12(11)13/h2,7-8,16H,1,3-6,15H2. The summed E-state index contributed by atoms with van der Waals surface area (Å²) in [5, 5.41) is 0.258. The monoisotopic (exact) mass is 382 g/mol. The van der Waals surface area contributed by atoms with Crippen LogP contribution in [0.25, 0.3) is 0 Å². The summed E-state index contributed by atoms with van der Waals surface area (Å²) >= 11 is 8.97. The van der Waals surface area contributed by atoms with E-state index in [0.29, 0.717) is 11.1 Å². The summed E-state index contributed by atoms with van der Waals surface area (Å²) in [5.41, 5.74) is 5.93. The first-order chi connectivity index (χ1) is 9.38. The molecule has 0 aliphatic rings. The van der Waals surface area contributed by atoms with Gasteiger partial charge in [0.2, 0.25) is 10.0 Å². The highest BCUT2D eigenvalue weighted by Crippen LogP contribution is 2.31.